The van der Waals surface area contributed by atoms with Crippen LogP contribution >= 0.6 is 0 Å². The van der Waals surface area contributed by atoms with Crippen molar-refractivity contribution in [3.8, 4) is 5.69 Å². The average Bonchev–Trinajstić information content (AvgIpc) is 2.97. The van der Waals surface area contributed by atoms with E-state index in [1.807, 2.05) is 30.3 Å². The average molecular weight is 269 g/mol. The molecule has 2 aromatic heterocycles. The molecular weight excluding hydrogens is 257 g/mol. The number of halogens is 1. The van der Waals surface area contributed by atoms with Crippen molar-refractivity contribution in [2.24, 2.45) is 5.73 Å². The van der Waals surface area contributed by atoms with Gasteiger partial charge in [0.2, 0.25) is 0 Å². The van der Waals surface area contributed by atoms with E-state index in [-0.39, 0.29) is 0 Å². The van der Waals surface area contributed by atoms with Gasteiger partial charge in [-0.2, -0.15) is 0 Å². The Hall–Kier alpha value is -2.60. The lowest BCUT2D eigenvalue weighted by molar-refractivity contribution is 0.614. The van der Waals surface area contributed by atoms with Gasteiger partial charge in [0.15, 0.2) is 0 Å². The first-order valence-corrected chi connectivity index (χ1v) is 6.08. The number of benzene rings is 1. The summed E-state index contributed by atoms with van der Waals surface area (Å²) < 4.78 is 14.9. The molecule has 0 amide bonds. The fraction of sp³-hybridized carbons (Fsp3) is 0.0714. The second kappa shape index (κ2) is 5.18. The highest BCUT2D eigenvalue weighted by atomic mass is 19.1. The van der Waals surface area contributed by atoms with E-state index in [0.29, 0.717) is 11.3 Å². The van der Waals surface area contributed by atoms with Crippen LogP contribution in [0, 0.1) is 5.82 Å². The van der Waals surface area contributed by atoms with Gasteiger partial charge in [-0.1, -0.05) is 23.4 Å². The first-order chi connectivity index (χ1) is 9.75. The van der Waals surface area contributed by atoms with Crippen LogP contribution in [0.3, 0.4) is 0 Å². The number of aromatic nitrogens is 4. The molecule has 6 heteroatoms. The smallest absolute Gasteiger partial charge is 0.141 e. The molecule has 1 unspecified atom stereocenters. The SMILES string of the molecule is NC(c1cncc(F)c1)c1cnnn1-c1ccccc1. The number of rotatable bonds is 3. The molecule has 3 rings (SSSR count). The van der Waals surface area contributed by atoms with E-state index in [1.54, 1.807) is 10.9 Å². The first kappa shape index (κ1) is 12.4. The first-order valence-electron chi connectivity index (χ1n) is 6.08. The highest BCUT2D eigenvalue weighted by Crippen LogP contribution is 2.20. The van der Waals surface area contributed by atoms with E-state index in [9.17, 15) is 4.39 Å². The summed E-state index contributed by atoms with van der Waals surface area (Å²) in [5.41, 5.74) is 8.25. The normalized spacial score (nSPS) is 12.3. The van der Waals surface area contributed by atoms with Crippen molar-refractivity contribution < 1.29 is 4.39 Å². The van der Waals surface area contributed by atoms with Crippen molar-refractivity contribution in [2.45, 2.75) is 6.04 Å². The molecule has 2 heterocycles. The quantitative estimate of drug-likeness (QED) is 0.787. The molecule has 20 heavy (non-hydrogen) atoms. The lowest BCUT2D eigenvalue weighted by Crippen LogP contribution is -2.17. The molecule has 0 saturated heterocycles. The van der Waals surface area contributed by atoms with E-state index >= 15 is 0 Å². The molecule has 0 saturated carbocycles. The number of hydrogen-bond acceptors (Lipinski definition) is 4. The second-order valence-electron chi connectivity index (χ2n) is 4.32. The molecule has 0 aliphatic rings. The van der Waals surface area contributed by atoms with Gasteiger partial charge in [0.05, 0.1) is 29.8 Å². The zero-order valence-corrected chi connectivity index (χ0v) is 10.5. The van der Waals surface area contributed by atoms with E-state index in [0.717, 1.165) is 11.9 Å². The van der Waals surface area contributed by atoms with Crippen molar-refractivity contribution >= 4 is 0 Å². The molecule has 3 aromatic rings. The summed E-state index contributed by atoms with van der Waals surface area (Å²) in [6.45, 7) is 0. The Kier molecular flexibility index (Phi) is 3.22. The summed E-state index contributed by atoms with van der Waals surface area (Å²) >= 11 is 0. The highest BCUT2D eigenvalue weighted by molar-refractivity contribution is 5.34. The Morgan fingerprint density at radius 3 is 2.65 bits per heavy atom. The summed E-state index contributed by atoms with van der Waals surface area (Å²) in [6.07, 6.45) is 4.25. The topological polar surface area (TPSA) is 69.6 Å². The van der Waals surface area contributed by atoms with Crippen LogP contribution in [0.25, 0.3) is 5.69 Å². The third-order valence-electron chi connectivity index (χ3n) is 2.98. The van der Waals surface area contributed by atoms with E-state index in [1.165, 1.54) is 12.3 Å². The maximum absolute atomic E-state index is 13.2. The number of nitrogens with two attached hydrogens (primary N) is 1. The lowest BCUT2D eigenvalue weighted by atomic mass is 10.1. The Balaban J connectivity index is 2.02. The van der Waals surface area contributed by atoms with Gasteiger partial charge in [-0.15, -0.1) is 5.10 Å². The molecule has 0 spiro atoms. The van der Waals surface area contributed by atoms with Crippen LogP contribution in [0.4, 0.5) is 4.39 Å². The van der Waals surface area contributed by atoms with E-state index in [2.05, 4.69) is 15.3 Å². The largest absolute Gasteiger partial charge is 0.319 e. The number of hydrogen-bond donors (Lipinski definition) is 1. The van der Waals surface area contributed by atoms with Crippen molar-refractivity contribution in [3.05, 3.63) is 72.1 Å². The van der Waals surface area contributed by atoms with Crippen LogP contribution in [-0.4, -0.2) is 20.0 Å². The van der Waals surface area contributed by atoms with Gasteiger partial charge in [0, 0.05) is 6.20 Å². The van der Waals surface area contributed by atoms with Crippen molar-refractivity contribution in [1.82, 2.24) is 20.0 Å². The van der Waals surface area contributed by atoms with Crippen molar-refractivity contribution in [1.29, 1.82) is 0 Å². The fourth-order valence-corrected chi connectivity index (χ4v) is 1.99. The molecule has 5 nitrogen and oxygen atoms in total. The standard InChI is InChI=1S/C14H12FN5/c15-11-6-10(7-17-8-11)14(16)13-9-18-19-20(13)12-4-2-1-3-5-12/h1-9,14H,16H2. The Labute approximate surface area is 114 Å². The van der Waals surface area contributed by atoms with Gasteiger partial charge in [-0.25, -0.2) is 9.07 Å². The Bertz CT molecular complexity index is 710. The van der Waals surface area contributed by atoms with Crippen molar-refractivity contribution in [3.63, 3.8) is 0 Å². The van der Waals surface area contributed by atoms with Crippen LogP contribution in [0.2, 0.25) is 0 Å². The van der Waals surface area contributed by atoms with E-state index < -0.39 is 11.9 Å². The molecule has 0 aliphatic carbocycles. The van der Waals surface area contributed by atoms with Crippen LogP contribution in [0.15, 0.2) is 55.0 Å². The predicted octanol–water partition coefficient (Wildman–Crippen LogP) is 1.85. The zero-order valence-electron chi connectivity index (χ0n) is 10.5. The van der Waals surface area contributed by atoms with Crippen LogP contribution in [0.5, 0.6) is 0 Å². The minimum atomic E-state index is -0.548. The zero-order chi connectivity index (χ0) is 13.9. The van der Waals surface area contributed by atoms with Crippen LogP contribution in [0.1, 0.15) is 17.3 Å². The Morgan fingerprint density at radius 1 is 1.10 bits per heavy atom. The Morgan fingerprint density at radius 2 is 1.90 bits per heavy atom. The molecule has 0 bridgehead atoms. The predicted molar refractivity (Wildman–Crippen MR) is 71.6 cm³/mol. The fourth-order valence-electron chi connectivity index (χ4n) is 1.99. The number of para-hydroxylation sites is 1. The van der Waals surface area contributed by atoms with Gasteiger partial charge in [-0.3, -0.25) is 4.98 Å². The lowest BCUT2D eigenvalue weighted by Gasteiger charge is -2.13. The molecule has 100 valence electrons. The highest BCUT2D eigenvalue weighted by Gasteiger charge is 2.16. The summed E-state index contributed by atoms with van der Waals surface area (Å²) in [4.78, 5) is 3.81. The number of pyridine rings is 1. The van der Waals surface area contributed by atoms with Crippen molar-refractivity contribution in [2.75, 3.05) is 0 Å². The van der Waals surface area contributed by atoms with E-state index in [4.69, 9.17) is 5.73 Å². The summed E-state index contributed by atoms with van der Waals surface area (Å²) in [5, 5.41) is 7.91. The maximum atomic E-state index is 13.2. The summed E-state index contributed by atoms with van der Waals surface area (Å²) in [5.74, 6) is -0.420. The molecular formula is C14H12FN5. The van der Waals surface area contributed by atoms with Gasteiger partial charge in [-0.05, 0) is 23.8 Å². The molecule has 1 atom stereocenters. The molecule has 0 radical (unpaired) electrons. The van der Waals surface area contributed by atoms with Crippen LogP contribution in [-0.2, 0) is 0 Å². The van der Waals surface area contributed by atoms with Gasteiger partial charge < -0.3 is 5.73 Å². The van der Waals surface area contributed by atoms with Gasteiger partial charge >= 0.3 is 0 Å². The molecule has 2 N–H and O–H groups in total. The summed E-state index contributed by atoms with van der Waals surface area (Å²) in [7, 11) is 0. The third kappa shape index (κ3) is 2.28. The third-order valence-corrected chi connectivity index (χ3v) is 2.98. The maximum Gasteiger partial charge on any atom is 0.141 e. The number of nitrogens with zero attached hydrogens (tertiary/aromatic N) is 4. The molecule has 1 aromatic carbocycles. The molecule has 0 aliphatic heterocycles. The second-order valence-corrected chi connectivity index (χ2v) is 4.32. The monoisotopic (exact) mass is 269 g/mol. The molecule has 0 fully saturated rings. The minimum Gasteiger partial charge on any atom is -0.319 e. The minimum absolute atomic E-state index is 0.420. The van der Waals surface area contributed by atoms with Crippen LogP contribution < -0.4 is 5.73 Å². The van der Waals surface area contributed by atoms with Gasteiger partial charge in [0.25, 0.3) is 0 Å². The van der Waals surface area contributed by atoms with Gasteiger partial charge in [0.1, 0.15) is 5.82 Å². The summed E-state index contributed by atoms with van der Waals surface area (Å²) in [6, 6.07) is 10.3.